The fourth-order valence-corrected chi connectivity index (χ4v) is 3.82. The van der Waals surface area contributed by atoms with Crippen LogP contribution in [0.5, 0.6) is 0 Å². The molecule has 0 bridgehead atoms. The van der Waals surface area contributed by atoms with Crippen LogP contribution in [0.1, 0.15) is 42.7 Å². The highest BCUT2D eigenvalue weighted by atomic mass is 32.1. The monoisotopic (exact) mass is 369 g/mol. The van der Waals surface area contributed by atoms with Gasteiger partial charge in [0.05, 0.1) is 16.8 Å². The molecule has 1 N–H and O–H groups in total. The van der Waals surface area contributed by atoms with Crippen molar-refractivity contribution in [2.75, 3.05) is 0 Å². The fourth-order valence-electron chi connectivity index (χ4n) is 3.00. The molecule has 26 heavy (non-hydrogen) atoms. The highest BCUT2D eigenvalue weighted by Crippen LogP contribution is 2.29. The summed E-state index contributed by atoms with van der Waals surface area (Å²) in [5, 5.41) is 12.2. The predicted molar refractivity (Wildman–Crippen MR) is 102 cm³/mol. The number of carbonyl (C=O) groups is 1. The van der Waals surface area contributed by atoms with E-state index in [1.54, 1.807) is 17.8 Å². The molecule has 3 heterocycles. The van der Waals surface area contributed by atoms with Gasteiger partial charge in [-0.25, -0.2) is 9.78 Å². The molecule has 0 amide bonds. The molecule has 6 nitrogen and oxygen atoms in total. The molecule has 134 valence electrons. The topological polar surface area (TPSA) is 85.1 Å². The van der Waals surface area contributed by atoms with Crippen molar-refractivity contribution in [3.63, 3.8) is 0 Å². The second-order valence-electron chi connectivity index (χ2n) is 6.14. The van der Waals surface area contributed by atoms with E-state index in [0.29, 0.717) is 23.5 Å². The molecule has 0 aromatic carbocycles. The van der Waals surface area contributed by atoms with Crippen molar-refractivity contribution in [2.45, 2.75) is 33.2 Å². The molecule has 3 aromatic rings. The molecule has 0 radical (unpaired) electrons. The van der Waals surface area contributed by atoms with Crippen LogP contribution in [0.25, 0.3) is 21.8 Å². The van der Waals surface area contributed by atoms with E-state index in [-0.39, 0.29) is 17.0 Å². The molecule has 0 fully saturated rings. The number of rotatable bonds is 5. The first-order valence-electron chi connectivity index (χ1n) is 8.31. The molecule has 0 aliphatic heterocycles. The molecule has 0 spiro atoms. The number of hydrogen-bond acceptors (Lipinski definition) is 5. The van der Waals surface area contributed by atoms with Gasteiger partial charge >= 0.3 is 5.97 Å². The van der Waals surface area contributed by atoms with Gasteiger partial charge < -0.3 is 9.67 Å². The van der Waals surface area contributed by atoms with Crippen LogP contribution in [-0.4, -0.2) is 25.6 Å². The molecule has 0 aliphatic carbocycles. The maximum absolute atomic E-state index is 13.0. The van der Waals surface area contributed by atoms with Crippen LogP contribution in [0.2, 0.25) is 0 Å². The number of carboxylic acids is 1. The van der Waals surface area contributed by atoms with Crippen LogP contribution in [0.4, 0.5) is 0 Å². The first-order valence-corrected chi connectivity index (χ1v) is 9.19. The van der Waals surface area contributed by atoms with Gasteiger partial charge in [-0.2, -0.15) is 0 Å². The number of aromatic carboxylic acids is 1. The van der Waals surface area contributed by atoms with Gasteiger partial charge in [0.25, 0.3) is 5.56 Å². The lowest BCUT2D eigenvalue weighted by Gasteiger charge is -2.18. The van der Waals surface area contributed by atoms with Gasteiger partial charge in [0.1, 0.15) is 5.01 Å². The molecule has 0 saturated heterocycles. The third kappa shape index (κ3) is 3.17. The van der Waals surface area contributed by atoms with Gasteiger partial charge in [-0.05, 0) is 31.0 Å². The lowest BCUT2D eigenvalue weighted by Crippen LogP contribution is -2.28. The molecule has 3 rings (SSSR count). The zero-order valence-electron chi connectivity index (χ0n) is 14.8. The van der Waals surface area contributed by atoms with Crippen molar-refractivity contribution in [3.05, 3.63) is 57.6 Å². The third-order valence-corrected chi connectivity index (χ3v) is 5.02. The molecule has 3 aromatic heterocycles. The standard InChI is InChI=1S/C19H19N3O3S/c1-4-22-16(11(2)3)14(19(24)25)9-13(18(22)23)15-10-26-17(21-15)12-5-7-20-8-6-12/h5-11H,4H2,1-3H3,(H,24,25). The minimum Gasteiger partial charge on any atom is -0.478 e. The molecular formula is C19H19N3O3S. The normalized spacial score (nSPS) is 11.1. The van der Waals surface area contributed by atoms with Crippen molar-refractivity contribution in [3.8, 4) is 21.8 Å². The predicted octanol–water partition coefficient (Wildman–Crippen LogP) is 3.88. The van der Waals surface area contributed by atoms with Crippen molar-refractivity contribution in [1.82, 2.24) is 14.5 Å². The summed E-state index contributed by atoms with van der Waals surface area (Å²) >= 11 is 1.41. The van der Waals surface area contributed by atoms with E-state index in [9.17, 15) is 14.7 Å². The fraction of sp³-hybridized carbons (Fsp3) is 0.263. The first-order chi connectivity index (χ1) is 12.4. The summed E-state index contributed by atoms with van der Waals surface area (Å²) in [6.45, 7) is 6.02. The maximum atomic E-state index is 13.0. The van der Waals surface area contributed by atoms with E-state index in [1.807, 2.05) is 32.9 Å². The molecule has 0 unspecified atom stereocenters. The Hall–Kier alpha value is -2.80. The number of aromatic nitrogens is 3. The molecular weight excluding hydrogens is 350 g/mol. The molecule has 0 aliphatic rings. The molecule has 0 saturated carbocycles. The lowest BCUT2D eigenvalue weighted by atomic mass is 10.00. The summed E-state index contributed by atoms with van der Waals surface area (Å²) in [6, 6.07) is 5.15. The van der Waals surface area contributed by atoms with E-state index in [0.717, 1.165) is 10.6 Å². The minimum atomic E-state index is -1.04. The van der Waals surface area contributed by atoms with E-state index in [1.165, 1.54) is 22.0 Å². The van der Waals surface area contributed by atoms with Gasteiger partial charge in [0, 0.05) is 35.6 Å². The third-order valence-electron chi connectivity index (χ3n) is 4.13. The number of thiazole rings is 1. The number of pyridine rings is 2. The number of carboxylic acid groups (broad SMARTS) is 1. The van der Waals surface area contributed by atoms with Crippen LogP contribution in [0.3, 0.4) is 0 Å². The molecule has 7 heteroatoms. The van der Waals surface area contributed by atoms with Gasteiger partial charge in [-0.3, -0.25) is 9.78 Å². The van der Waals surface area contributed by atoms with Crippen LogP contribution in [0, 0.1) is 0 Å². The van der Waals surface area contributed by atoms with Crippen molar-refractivity contribution >= 4 is 17.3 Å². The highest BCUT2D eigenvalue weighted by Gasteiger charge is 2.22. The Morgan fingerprint density at radius 2 is 2.00 bits per heavy atom. The molecule has 0 atom stereocenters. The van der Waals surface area contributed by atoms with Crippen LogP contribution in [-0.2, 0) is 6.54 Å². The summed E-state index contributed by atoms with van der Waals surface area (Å²) < 4.78 is 1.54. The van der Waals surface area contributed by atoms with Gasteiger partial charge in [0.2, 0.25) is 0 Å². The summed E-state index contributed by atoms with van der Waals surface area (Å²) in [5.41, 5.74) is 2.18. The average Bonchev–Trinajstić information content (AvgIpc) is 3.11. The summed E-state index contributed by atoms with van der Waals surface area (Å²) in [5.74, 6) is -1.12. The Bertz CT molecular complexity index is 1010. The smallest absolute Gasteiger partial charge is 0.337 e. The Balaban J connectivity index is 2.20. The zero-order valence-corrected chi connectivity index (χ0v) is 15.6. The summed E-state index contributed by atoms with van der Waals surface area (Å²) in [6.07, 6.45) is 3.36. The van der Waals surface area contributed by atoms with E-state index in [2.05, 4.69) is 9.97 Å². The Morgan fingerprint density at radius 3 is 2.58 bits per heavy atom. The Kier molecular flexibility index (Phi) is 4.99. The quantitative estimate of drug-likeness (QED) is 0.738. The second kappa shape index (κ2) is 7.21. The zero-order chi connectivity index (χ0) is 18.8. The van der Waals surface area contributed by atoms with E-state index >= 15 is 0 Å². The first kappa shape index (κ1) is 18.0. The maximum Gasteiger partial charge on any atom is 0.337 e. The van der Waals surface area contributed by atoms with Crippen molar-refractivity contribution in [1.29, 1.82) is 0 Å². The van der Waals surface area contributed by atoms with Gasteiger partial charge in [0.15, 0.2) is 0 Å². The van der Waals surface area contributed by atoms with E-state index < -0.39 is 5.97 Å². The van der Waals surface area contributed by atoms with Crippen LogP contribution in [0.15, 0.2) is 40.8 Å². The summed E-state index contributed by atoms with van der Waals surface area (Å²) in [7, 11) is 0. The number of nitrogens with zero attached hydrogens (tertiary/aromatic N) is 3. The lowest BCUT2D eigenvalue weighted by molar-refractivity contribution is 0.0694. The van der Waals surface area contributed by atoms with Crippen LogP contribution < -0.4 is 5.56 Å². The van der Waals surface area contributed by atoms with Gasteiger partial charge in [-0.15, -0.1) is 11.3 Å². The van der Waals surface area contributed by atoms with Gasteiger partial charge in [-0.1, -0.05) is 13.8 Å². The highest BCUT2D eigenvalue weighted by molar-refractivity contribution is 7.13. The average molecular weight is 369 g/mol. The minimum absolute atomic E-state index is 0.0781. The number of hydrogen-bond donors (Lipinski definition) is 1. The summed E-state index contributed by atoms with van der Waals surface area (Å²) in [4.78, 5) is 33.3. The Morgan fingerprint density at radius 1 is 1.31 bits per heavy atom. The largest absolute Gasteiger partial charge is 0.478 e. The SMILES string of the molecule is CCn1c(C(C)C)c(C(=O)O)cc(-c2csc(-c3ccncc3)n2)c1=O. The second-order valence-corrected chi connectivity index (χ2v) is 7.00. The van der Waals surface area contributed by atoms with Crippen molar-refractivity contribution < 1.29 is 9.90 Å². The van der Waals surface area contributed by atoms with E-state index in [4.69, 9.17) is 0 Å². The van der Waals surface area contributed by atoms with Crippen LogP contribution >= 0.6 is 11.3 Å². The van der Waals surface area contributed by atoms with Crippen molar-refractivity contribution in [2.24, 2.45) is 0 Å². The Labute approximate surface area is 154 Å².